The lowest BCUT2D eigenvalue weighted by Crippen LogP contribution is -2.49. The van der Waals surface area contributed by atoms with Crippen molar-refractivity contribution in [3.05, 3.63) is 41.7 Å². The number of benzene rings is 1. The zero-order valence-electron chi connectivity index (χ0n) is 16.0. The summed E-state index contributed by atoms with van der Waals surface area (Å²) in [5.74, 6) is 2.18. The topological polar surface area (TPSA) is 92.9 Å². The highest BCUT2D eigenvalue weighted by Crippen LogP contribution is 2.25. The Labute approximate surface area is 163 Å². The summed E-state index contributed by atoms with van der Waals surface area (Å²) in [6.45, 7) is 5.60. The SMILES string of the molecule is COc1ccc(S(=O)(=O)N2CCN(c3ccc4nnc(C)n4n3)CC2)cc1C. The van der Waals surface area contributed by atoms with Gasteiger partial charge in [0.25, 0.3) is 0 Å². The molecule has 0 unspecified atom stereocenters. The Kier molecular flexibility index (Phi) is 4.68. The molecular weight excluding hydrogens is 380 g/mol. The van der Waals surface area contributed by atoms with Crippen LogP contribution in [0.1, 0.15) is 11.4 Å². The number of hydrogen-bond donors (Lipinski definition) is 0. The number of hydrogen-bond acceptors (Lipinski definition) is 7. The first-order chi connectivity index (χ1) is 13.4. The van der Waals surface area contributed by atoms with Crippen LogP contribution in [-0.4, -0.2) is 65.8 Å². The van der Waals surface area contributed by atoms with Gasteiger partial charge in [-0.1, -0.05) is 0 Å². The van der Waals surface area contributed by atoms with Gasteiger partial charge in [0.2, 0.25) is 10.0 Å². The van der Waals surface area contributed by atoms with Gasteiger partial charge in [0.1, 0.15) is 11.6 Å². The summed E-state index contributed by atoms with van der Waals surface area (Å²) in [5.41, 5.74) is 1.49. The van der Waals surface area contributed by atoms with Crippen molar-refractivity contribution in [3.63, 3.8) is 0 Å². The highest BCUT2D eigenvalue weighted by atomic mass is 32.2. The van der Waals surface area contributed by atoms with Crippen molar-refractivity contribution in [2.24, 2.45) is 0 Å². The molecule has 10 heteroatoms. The Morgan fingerprint density at radius 2 is 1.75 bits per heavy atom. The molecule has 0 bridgehead atoms. The fraction of sp³-hybridized carbons (Fsp3) is 0.389. The minimum atomic E-state index is -3.54. The third kappa shape index (κ3) is 3.18. The van der Waals surface area contributed by atoms with E-state index in [2.05, 4.69) is 20.2 Å². The van der Waals surface area contributed by atoms with Crippen molar-refractivity contribution in [3.8, 4) is 5.75 Å². The predicted octanol–water partition coefficient (Wildman–Crippen LogP) is 1.26. The third-order valence-corrected chi connectivity index (χ3v) is 6.87. The van der Waals surface area contributed by atoms with E-state index in [1.165, 1.54) is 4.31 Å². The molecular formula is C18H22N6O3S. The predicted molar refractivity (Wildman–Crippen MR) is 104 cm³/mol. The highest BCUT2D eigenvalue weighted by molar-refractivity contribution is 7.89. The molecule has 3 heterocycles. The van der Waals surface area contributed by atoms with Crippen molar-refractivity contribution in [2.45, 2.75) is 18.7 Å². The van der Waals surface area contributed by atoms with E-state index in [0.29, 0.717) is 48.3 Å². The largest absolute Gasteiger partial charge is 0.496 e. The molecule has 9 nitrogen and oxygen atoms in total. The van der Waals surface area contributed by atoms with Gasteiger partial charge in [-0.15, -0.1) is 15.3 Å². The van der Waals surface area contributed by atoms with Crippen LogP contribution in [0.4, 0.5) is 5.82 Å². The Bertz CT molecular complexity index is 1120. The molecule has 0 aliphatic carbocycles. The first-order valence-electron chi connectivity index (χ1n) is 8.99. The van der Waals surface area contributed by atoms with Gasteiger partial charge in [-0.25, -0.2) is 8.42 Å². The molecule has 0 amide bonds. The number of aromatic nitrogens is 4. The maximum atomic E-state index is 13.0. The molecule has 1 aliphatic heterocycles. The average Bonchev–Trinajstić information content (AvgIpc) is 3.08. The molecule has 28 heavy (non-hydrogen) atoms. The lowest BCUT2D eigenvalue weighted by Gasteiger charge is -2.34. The van der Waals surface area contributed by atoms with Crippen LogP contribution >= 0.6 is 0 Å². The van der Waals surface area contributed by atoms with Crippen LogP contribution in [0.15, 0.2) is 35.2 Å². The van der Waals surface area contributed by atoms with E-state index in [-0.39, 0.29) is 0 Å². The zero-order chi connectivity index (χ0) is 19.9. The standard InChI is InChI=1S/C18H22N6O3S/c1-13-12-15(4-5-16(13)27-3)28(25,26)23-10-8-22(9-11-23)18-7-6-17-20-19-14(2)24(17)21-18/h4-7,12H,8-11H2,1-3H3. The fourth-order valence-corrected chi connectivity index (χ4v) is 4.88. The summed E-state index contributed by atoms with van der Waals surface area (Å²) >= 11 is 0. The Hall–Kier alpha value is -2.72. The van der Waals surface area contributed by atoms with E-state index < -0.39 is 10.0 Å². The molecule has 2 aromatic heterocycles. The second kappa shape index (κ2) is 7.02. The molecule has 0 atom stereocenters. The normalized spacial score (nSPS) is 15.9. The molecule has 0 spiro atoms. The van der Waals surface area contributed by atoms with Gasteiger partial charge in [0, 0.05) is 26.2 Å². The summed E-state index contributed by atoms with van der Waals surface area (Å²) in [6, 6.07) is 8.70. The number of fused-ring (bicyclic) bond motifs is 1. The monoisotopic (exact) mass is 402 g/mol. The summed E-state index contributed by atoms with van der Waals surface area (Å²) in [5, 5.41) is 12.6. The Balaban J connectivity index is 1.51. The second-order valence-corrected chi connectivity index (χ2v) is 8.67. The van der Waals surface area contributed by atoms with Gasteiger partial charge in [-0.2, -0.15) is 8.82 Å². The number of aryl methyl sites for hydroxylation is 2. The highest BCUT2D eigenvalue weighted by Gasteiger charge is 2.29. The number of anilines is 1. The van der Waals surface area contributed by atoms with E-state index in [1.807, 2.05) is 26.0 Å². The number of nitrogens with zero attached hydrogens (tertiary/aromatic N) is 6. The number of ether oxygens (including phenoxy) is 1. The fourth-order valence-electron chi connectivity index (χ4n) is 3.37. The molecule has 0 radical (unpaired) electrons. The van der Waals surface area contributed by atoms with E-state index in [9.17, 15) is 8.42 Å². The molecule has 0 saturated carbocycles. The van der Waals surface area contributed by atoms with Crippen LogP contribution in [0.5, 0.6) is 5.75 Å². The number of rotatable bonds is 4. The van der Waals surface area contributed by atoms with E-state index in [0.717, 1.165) is 11.4 Å². The zero-order valence-corrected chi connectivity index (χ0v) is 16.8. The van der Waals surface area contributed by atoms with E-state index in [1.54, 1.807) is 29.8 Å². The van der Waals surface area contributed by atoms with Crippen molar-refractivity contribution < 1.29 is 13.2 Å². The summed E-state index contributed by atoms with van der Waals surface area (Å²) in [6.07, 6.45) is 0. The van der Waals surface area contributed by atoms with E-state index >= 15 is 0 Å². The third-order valence-electron chi connectivity index (χ3n) is 4.97. The number of sulfonamides is 1. The van der Waals surface area contributed by atoms with Gasteiger partial charge in [0.15, 0.2) is 11.5 Å². The van der Waals surface area contributed by atoms with Crippen molar-refractivity contribution in [1.82, 2.24) is 24.1 Å². The molecule has 1 fully saturated rings. The smallest absolute Gasteiger partial charge is 0.243 e. The Morgan fingerprint density at radius 3 is 2.43 bits per heavy atom. The van der Waals surface area contributed by atoms with Crippen LogP contribution in [0, 0.1) is 13.8 Å². The molecule has 1 saturated heterocycles. The number of methoxy groups -OCH3 is 1. The Morgan fingerprint density at radius 1 is 1.00 bits per heavy atom. The van der Waals surface area contributed by atoms with Gasteiger partial charge < -0.3 is 9.64 Å². The first-order valence-corrected chi connectivity index (χ1v) is 10.4. The molecule has 4 rings (SSSR count). The maximum absolute atomic E-state index is 13.0. The molecule has 148 valence electrons. The van der Waals surface area contributed by atoms with Gasteiger partial charge in [-0.3, -0.25) is 0 Å². The van der Waals surface area contributed by atoms with Crippen LogP contribution in [-0.2, 0) is 10.0 Å². The van der Waals surface area contributed by atoms with Crippen LogP contribution in [0.3, 0.4) is 0 Å². The summed E-state index contributed by atoms with van der Waals surface area (Å²) in [7, 11) is -1.97. The quantitative estimate of drug-likeness (QED) is 0.649. The van der Waals surface area contributed by atoms with Gasteiger partial charge >= 0.3 is 0 Å². The molecule has 0 N–H and O–H groups in total. The van der Waals surface area contributed by atoms with E-state index in [4.69, 9.17) is 4.74 Å². The minimum Gasteiger partial charge on any atom is -0.496 e. The van der Waals surface area contributed by atoms with Crippen molar-refractivity contribution in [2.75, 3.05) is 38.2 Å². The lowest BCUT2D eigenvalue weighted by molar-refractivity contribution is 0.383. The van der Waals surface area contributed by atoms with Crippen LogP contribution in [0.25, 0.3) is 5.65 Å². The minimum absolute atomic E-state index is 0.291. The van der Waals surface area contributed by atoms with Gasteiger partial charge in [-0.05, 0) is 49.7 Å². The van der Waals surface area contributed by atoms with Crippen molar-refractivity contribution >= 4 is 21.5 Å². The molecule has 1 aromatic carbocycles. The van der Waals surface area contributed by atoms with Crippen LogP contribution in [0.2, 0.25) is 0 Å². The molecule has 1 aliphatic rings. The number of piperazine rings is 1. The van der Waals surface area contributed by atoms with Crippen molar-refractivity contribution in [1.29, 1.82) is 0 Å². The summed E-state index contributed by atoms with van der Waals surface area (Å²) < 4.78 is 34.4. The molecule has 3 aromatic rings. The summed E-state index contributed by atoms with van der Waals surface area (Å²) in [4.78, 5) is 2.36. The van der Waals surface area contributed by atoms with Gasteiger partial charge in [0.05, 0.1) is 12.0 Å². The average molecular weight is 402 g/mol. The lowest BCUT2D eigenvalue weighted by atomic mass is 10.2. The van der Waals surface area contributed by atoms with Crippen LogP contribution < -0.4 is 9.64 Å². The second-order valence-electron chi connectivity index (χ2n) is 6.73. The first kappa shape index (κ1) is 18.6. The maximum Gasteiger partial charge on any atom is 0.243 e.